The number of aryl methyl sites for hydroxylation is 3. The zero-order valence-corrected chi connectivity index (χ0v) is 20.8. The van der Waals surface area contributed by atoms with Crippen molar-refractivity contribution in [3.8, 4) is 11.4 Å². The van der Waals surface area contributed by atoms with E-state index in [-0.39, 0.29) is 18.3 Å². The third kappa shape index (κ3) is 5.61. The van der Waals surface area contributed by atoms with E-state index in [1.54, 1.807) is 12.1 Å². The van der Waals surface area contributed by atoms with Gasteiger partial charge < -0.3 is 10.1 Å². The molecule has 0 saturated carbocycles. The first-order valence-electron chi connectivity index (χ1n) is 10.8. The van der Waals surface area contributed by atoms with Gasteiger partial charge in [0, 0.05) is 5.69 Å². The smallest absolute Gasteiger partial charge is 0.234 e. The Kier molecular flexibility index (Phi) is 7.55. The van der Waals surface area contributed by atoms with Gasteiger partial charge >= 0.3 is 0 Å². The van der Waals surface area contributed by atoms with E-state index in [2.05, 4.69) is 15.5 Å². The van der Waals surface area contributed by atoms with Crippen molar-refractivity contribution in [2.75, 3.05) is 11.1 Å². The number of thioether (sulfide) groups is 1. The molecule has 0 bridgehead atoms. The molecule has 174 valence electrons. The topological polar surface area (TPSA) is 69.0 Å². The number of para-hydroxylation sites is 2. The molecule has 6 nitrogen and oxygen atoms in total. The summed E-state index contributed by atoms with van der Waals surface area (Å²) in [6.45, 7) is 6.33. The molecule has 1 heterocycles. The van der Waals surface area contributed by atoms with E-state index in [9.17, 15) is 4.79 Å². The molecule has 0 aliphatic rings. The molecular weight excluding hydrogens is 468 g/mol. The Labute approximate surface area is 208 Å². The van der Waals surface area contributed by atoms with Crippen LogP contribution in [-0.2, 0) is 11.4 Å². The number of amides is 1. The number of anilines is 1. The second kappa shape index (κ2) is 10.8. The second-order valence-corrected chi connectivity index (χ2v) is 9.25. The van der Waals surface area contributed by atoms with Crippen LogP contribution < -0.4 is 10.1 Å². The SMILES string of the molecule is Cc1ccc(-n2c(COc3c(C)cccc3C)nnc2SCC(=O)Nc2ccccc2Cl)cc1. The molecule has 1 N–H and O–H groups in total. The Hall–Kier alpha value is -3.29. The highest BCUT2D eigenvalue weighted by Crippen LogP contribution is 2.27. The van der Waals surface area contributed by atoms with E-state index in [1.165, 1.54) is 11.8 Å². The minimum Gasteiger partial charge on any atom is -0.485 e. The number of hydrogen-bond acceptors (Lipinski definition) is 5. The van der Waals surface area contributed by atoms with Crippen LogP contribution in [-0.4, -0.2) is 26.4 Å². The Morgan fingerprint density at radius 3 is 2.38 bits per heavy atom. The van der Waals surface area contributed by atoms with E-state index in [0.717, 1.165) is 28.1 Å². The molecule has 0 aliphatic heterocycles. The predicted octanol–water partition coefficient (Wildman–Crippen LogP) is 6.16. The summed E-state index contributed by atoms with van der Waals surface area (Å²) in [6, 6.07) is 21.3. The summed E-state index contributed by atoms with van der Waals surface area (Å²) in [6.07, 6.45) is 0. The van der Waals surface area contributed by atoms with E-state index in [0.29, 0.717) is 21.7 Å². The van der Waals surface area contributed by atoms with Crippen LogP contribution in [0.3, 0.4) is 0 Å². The third-order valence-corrected chi connectivity index (χ3v) is 6.49. The summed E-state index contributed by atoms with van der Waals surface area (Å²) in [7, 11) is 0. The normalized spacial score (nSPS) is 10.8. The van der Waals surface area contributed by atoms with Gasteiger partial charge in [0.05, 0.1) is 16.5 Å². The maximum Gasteiger partial charge on any atom is 0.234 e. The van der Waals surface area contributed by atoms with Gasteiger partial charge in [-0.15, -0.1) is 10.2 Å². The molecule has 0 spiro atoms. The summed E-state index contributed by atoms with van der Waals surface area (Å²) in [4.78, 5) is 12.6. The summed E-state index contributed by atoms with van der Waals surface area (Å²) in [5, 5.41) is 12.7. The van der Waals surface area contributed by atoms with Gasteiger partial charge in [-0.25, -0.2) is 0 Å². The van der Waals surface area contributed by atoms with Crippen LogP contribution in [0.1, 0.15) is 22.5 Å². The van der Waals surface area contributed by atoms with E-state index >= 15 is 0 Å². The highest BCUT2D eigenvalue weighted by Gasteiger charge is 2.17. The standard InChI is InChI=1S/C26H25ClN4O2S/c1-17-11-13-20(14-12-17)31-23(15-33-25-18(2)7-6-8-19(25)3)29-30-26(31)34-16-24(32)28-22-10-5-4-9-21(22)27/h4-14H,15-16H2,1-3H3,(H,28,32). The third-order valence-electron chi connectivity index (χ3n) is 5.23. The summed E-state index contributed by atoms with van der Waals surface area (Å²) < 4.78 is 8.08. The zero-order chi connectivity index (χ0) is 24.1. The number of hydrogen-bond donors (Lipinski definition) is 1. The van der Waals surface area contributed by atoms with Crippen LogP contribution in [0.5, 0.6) is 5.75 Å². The number of halogens is 1. The van der Waals surface area contributed by atoms with Crippen LogP contribution >= 0.6 is 23.4 Å². The summed E-state index contributed by atoms with van der Waals surface area (Å²) >= 11 is 7.46. The fourth-order valence-corrected chi connectivity index (χ4v) is 4.44. The van der Waals surface area contributed by atoms with Crippen molar-refractivity contribution in [2.24, 2.45) is 0 Å². The number of nitrogens with zero attached hydrogens (tertiary/aromatic N) is 3. The fourth-order valence-electron chi connectivity index (χ4n) is 3.48. The van der Waals surface area contributed by atoms with Crippen LogP contribution in [0.2, 0.25) is 5.02 Å². The summed E-state index contributed by atoms with van der Waals surface area (Å²) in [5.41, 5.74) is 4.76. The number of ether oxygens (including phenoxy) is 1. The fraction of sp³-hybridized carbons (Fsp3) is 0.192. The van der Waals surface area contributed by atoms with Crippen molar-refractivity contribution >= 4 is 35.0 Å². The largest absolute Gasteiger partial charge is 0.485 e. The van der Waals surface area contributed by atoms with Crippen molar-refractivity contribution in [3.63, 3.8) is 0 Å². The van der Waals surface area contributed by atoms with E-state index in [4.69, 9.17) is 16.3 Å². The number of aromatic nitrogens is 3. The van der Waals surface area contributed by atoms with E-state index in [1.807, 2.05) is 79.9 Å². The molecule has 1 aromatic heterocycles. The number of carbonyl (C=O) groups excluding carboxylic acids is 1. The molecule has 0 unspecified atom stereocenters. The molecule has 0 atom stereocenters. The van der Waals surface area contributed by atoms with Gasteiger partial charge in [-0.2, -0.15) is 0 Å². The molecule has 0 aliphatic carbocycles. The number of rotatable bonds is 8. The Bertz CT molecular complexity index is 1280. The number of carbonyl (C=O) groups is 1. The lowest BCUT2D eigenvalue weighted by molar-refractivity contribution is -0.113. The van der Waals surface area contributed by atoms with Crippen molar-refractivity contribution < 1.29 is 9.53 Å². The maximum absolute atomic E-state index is 12.6. The maximum atomic E-state index is 12.6. The molecule has 0 fully saturated rings. The minimum absolute atomic E-state index is 0.160. The zero-order valence-electron chi connectivity index (χ0n) is 19.2. The summed E-state index contributed by atoms with van der Waals surface area (Å²) in [5.74, 6) is 1.48. The molecule has 0 radical (unpaired) electrons. The Balaban J connectivity index is 1.55. The van der Waals surface area contributed by atoms with Gasteiger partial charge in [0.25, 0.3) is 0 Å². The highest BCUT2D eigenvalue weighted by atomic mass is 35.5. The molecule has 8 heteroatoms. The average Bonchev–Trinajstić information content (AvgIpc) is 3.22. The lowest BCUT2D eigenvalue weighted by Gasteiger charge is -2.14. The van der Waals surface area contributed by atoms with Crippen molar-refractivity contribution in [3.05, 3.63) is 94.3 Å². The van der Waals surface area contributed by atoms with Gasteiger partial charge in [0.2, 0.25) is 5.91 Å². The highest BCUT2D eigenvalue weighted by molar-refractivity contribution is 7.99. The first kappa shape index (κ1) is 23.9. The lowest BCUT2D eigenvalue weighted by atomic mass is 10.1. The van der Waals surface area contributed by atoms with Gasteiger partial charge in [0.15, 0.2) is 11.0 Å². The second-order valence-electron chi connectivity index (χ2n) is 7.90. The number of nitrogens with one attached hydrogen (secondary N) is 1. The molecule has 3 aromatic carbocycles. The van der Waals surface area contributed by atoms with Gasteiger partial charge in [0.1, 0.15) is 12.4 Å². The first-order valence-corrected chi connectivity index (χ1v) is 12.2. The average molecular weight is 493 g/mol. The predicted molar refractivity (Wildman–Crippen MR) is 137 cm³/mol. The van der Waals surface area contributed by atoms with Gasteiger partial charge in [-0.05, 0) is 56.2 Å². The number of benzene rings is 3. The van der Waals surface area contributed by atoms with Gasteiger partial charge in [-0.3, -0.25) is 9.36 Å². The van der Waals surface area contributed by atoms with E-state index < -0.39 is 0 Å². The van der Waals surface area contributed by atoms with Crippen LogP contribution in [0.25, 0.3) is 5.69 Å². The molecule has 4 aromatic rings. The molecule has 4 rings (SSSR count). The molecule has 1 amide bonds. The van der Waals surface area contributed by atoms with Crippen LogP contribution in [0, 0.1) is 20.8 Å². The van der Waals surface area contributed by atoms with Crippen molar-refractivity contribution in [1.82, 2.24) is 14.8 Å². The van der Waals surface area contributed by atoms with Crippen LogP contribution in [0.4, 0.5) is 5.69 Å². The van der Waals surface area contributed by atoms with Crippen molar-refractivity contribution in [2.45, 2.75) is 32.5 Å². The van der Waals surface area contributed by atoms with Crippen molar-refractivity contribution in [1.29, 1.82) is 0 Å². The monoisotopic (exact) mass is 492 g/mol. The first-order chi connectivity index (χ1) is 16.4. The molecule has 34 heavy (non-hydrogen) atoms. The molecule has 0 saturated heterocycles. The Morgan fingerprint density at radius 1 is 0.971 bits per heavy atom. The quantitative estimate of drug-likeness (QED) is 0.298. The van der Waals surface area contributed by atoms with Crippen LogP contribution in [0.15, 0.2) is 71.9 Å². The minimum atomic E-state index is -0.176. The van der Waals surface area contributed by atoms with Gasteiger partial charge in [-0.1, -0.05) is 71.4 Å². The molecular formula is C26H25ClN4O2S. The Morgan fingerprint density at radius 2 is 1.68 bits per heavy atom. The lowest BCUT2D eigenvalue weighted by Crippen LogP contribution is -2.15.